The normalized spacial score (nSPS) is 16.3. The fourth-order valence-electron chi connectivity index (χ4n) is 5.36. The lowest BCUT2D eigenvalue weighted by molar-refractivity contribution is 0.669. The summed E-state index contributed by atoms with van der Waals surface area (Å²) in [7, 11) is 0. The highest BCUT2D eigenvalue weighted by atomic mass is 16.3. The molecule has 1 nitrogen and oxygen atoms in total. The first-order valence-corrected chi connectivity index (χ1v) is 12.3. The lowest BCUT2D eigenvalue weighted by Crippen LogP contribution is -1.91. The molecule has 7 aromatic carbocycles. The zero-order chi connectivity index (χ0) is 37.1. The molecular weight excluding hydrogens is 472 g/mol. The molecule has 0 aliphatic carbocycles. The lowest BCUT2D eigenvalue weighted by Gasteiger charge is -2.18. The van der Waals surface area contributed by atoms with Crippen LogP contribution < -0.4 is 0 Å². The quantitative estimate of drug-likeness (QED) is 0.216. The molecular formula is C38H24O. The fourth-order valence-corrected chi connectivity index (χ4v) is 5.36. The van der Waals surface area contributed by atoms with Gasteiger partial charge in [0.15, 0.2) is 0 Å². The SMILES string of the molecule is [2H]c1c([2H])c([2H])c(-c2ccc(-c3c4c([2H])c([2H])c([2H])c([2H])c4c(-c4cccc5oc6ccccc6c45)c4c([2H])c([2H])c([2H])c([2H])c34)cc2)c([2H])c1[2H]. The van der Waals surface area contributed by atoms with Gasteiger partial charge in [-0.05, 0) is 67.1 Å². The topological polar surface area (TPSA) is 13.1 Å². The standard InChI is InChI=1S/C38H24O/c1-2-11-25(12-3-1)26-21-23-27(24-22-26)36-28-13-4-6-15-30(28)37(31-16-7-5-14-29(31)36)33-18-10-20-35-38(33)32-17-8-9-19-34(32)39-35/h1-24H/i1D,2D,3D,4D,5D,6D,7D,11D,12D,13D,14D,15D,16D. The highest BCUT2D eigenvalue weighted by Crippen LogP contribution is 2.46. The Labute approximate surface area is 244 Å². The van der Waals surface area contributed by atoms with Gasteiger partial charge in [-0.25, -0.2) is 0 Å². The predicted octanol–water partition coefficient (Wildman–Crippen LogP) is 10.9. The van der Waals surface area contributed by atoms with E-state index in [0.717, 1.165) is 0 Å². The van der Waals surface area contributed by atoms with Crippen molar-refractivity contribution in [3.63, 3.8) is 0 Å². The molecule has 0 atom stereocenters. The molecule has 0 saturated heterocycles. The number of hydrogen-bond donors (Lipinski definition) is 0. The minimum Gasteiger partial charge on any atom is -0.456 e. The average Bonchev–Trinajstić information content (AvgIpc) is 3.54. The van der Waals surface area contributed by atoms with Crippen LogP contribution in [0.15, 0.2) is 150 Å². The summed E-state index contributed by atoms with van der Waals surface area (Å²) in [4.78, 5) is 0. The van der Waals surface area contributed by atoms with Crippen LogP contribution in [0.2, 0.25) is 0 Å². The van der Waals surface area contributed by atoms with E-state index in [9.17, 15) is 5.48 Å². The maximum Gasteiger partial charge on any atom is 0.136 e. The molecule has 0 fully saturated rings. The highest BCUT2D eigenvalue weighted by Gasteiger charge is 2.19. The number of rotatable bonds is 3. The van der Waals surface area contributed by atoms with Crippen LogP contribution in [-0.4, -0.2) is 0 Å². The van der Waals surface area contributed by atoms with Crippen molar-refractivity contribution in [2.75, 3.05) is 0 Å². The maximum atomic E-state index is 9.26. The second kappa shape index (κ2) is 8.72. The summed E-state index contributed by atoms with van der Waals surface area (Å²) < 4.78 is 119. The molecule has 1 heterocycles. The summed E-state index contributed by atoms with van der Waals surface area (Å²) in [6.07, 6.45) is 0. The fraction of sp³-hybridized carbons (Fsp3) is 0. The van der Waals surface area contributed by atoms with Crippen LogP contribution in [0.3, 0.4) is 0 Å². The average molecular weight is 510 g/mol. The lowest BCUT2D eigenvalue weighted by atomic mass is 9.84. The van der Waals surface area contributed by atoms with Gasteiger partial charge in [0.25, 0.3) is 0 Å². The highest BCUT2D eigenvalue weighted by molar-refractivity contribution is 6.25. The van der Waals surface area contributed by atoms with Crippen LogP contribution in [0.5, 0.6) is 0 Å². The molecule has 0 saturated carbocycles. The molecule has 0 bridgehead atoms. The number of furan rings is 1. The molecule has 8 aromatic rings. The molecule has 1 aromatic heterocycles. The van der Waals surface area contributed by atoms with E-state index in [-0.39, 0.29) is 43.8 Å². The van der Waals surface area contributed by atoms with Crippen LogP contribution in [0, 0.1) is 0 Å². The number of benzene rings is 7. The molecule has 0 spiro atoms. The van der Waals surface area contributed by atoms with Crippen molar-refractivity contribution in [1.82, 2.24) is 0 Å². The molecule has 1 heteroatoms. The van der Waals surface area contributed by atoms with Crippen molar-refractivity contribution in [3.05, 3.63) is 145 Å². The van der Waals surface area contributed by atoms with Gasteiger partial charge < -0.3 is 4.42 Å². The Morgan fingerprint density at radius 3 is 1.67 bits per heavy atom. The molecule has 0 unspecified atom stereocenters. The van der Waals surface area contributed by atoms with Crippen LogP contribution >= 0.6 is 0 Å². The van der Waals surface area contributed by atoms with Gasteiger partial charge in [-0.15, -0.1) is 0 Å². The van der Waals surface area contributed by atoms with Crippen molar-refractivity contribution in [3.8, 4) is 33.4 Å². The van der Waals surface area contributed by atoms with Gasteiger partial charge in [0.2, 0.25) is 0 Å². The van der Waals surface area contributed by atoms with Crippen molar-refractivity contribution < 1.29 is 22.2 Å². The van der Waals surface area contributed by atoms with E-state index < -0.39 is 78.6 Å². The summed E-state index contributed by atoms with van der Waals surface area (Å²) in [5.74, 6) is 0. The first-order chi connectivity index (χ1) is 24.8. The van der Waals surface area contributed by atoms with Gasteiger partial charge >= 0.3 is 0 Å². The Balaban J connectivity index is 1.58. The Kier molecular flexibility index (Phi) is 2.82. The van der Waals surface area contributed by atoms with E-state index in [1.807, 2.05) is 18.2 Å². The van der Waals surface area contributed by atoms with E-state index in [1.54, 1.807) is 36.4 Å². The Bertz CT molecular complexity index is 2770. The van der Waals surface area contributed by atoms with Gasteiger partial charge in [-0.1, -0.05) is 133 Å². The zero-order valence-electron chi connectivity index (χ0n) is 33.3. The number of hydrogen-bond acceptors (Lipinski definition) is 1. The smallest absolute Gasteiger partial charge is 0.136 e. The molecule has 0 aliphatic rings. The third kappa shape index (κ3) is 3.41. The van der Waals surface area contributed by atoms with Crippen LogP contribution in [0.4, 0.5) is 0 Å². The van der Waals surface area contributed by atoms with Gasteiger partial charge in [0.1, 0.15) is 11.2 Å². The number of fused-ring (bicyclic) bond motifs is 5. The third-order valence-corrected chi connectivity index (χ3v) is 7.01. The minimum absolute atomic E-state index is 0.0268. The van der Waals surface area contributed by atoms with E-state index in [4.69, 9.17) is 16.8 Å². The van der Waals surface area contributed by atoms with Crippen molar-refractivity contribution >= 4 is 43.5 Å². The maximum absolute atomic E-state index is 9.26. The van der Waals surface area contributed by atoms with E-state index in [2.05, 4.69) is 0 Å². The molecule has 39 heavy (non-hydrogen) atoms. The van der Waals surface area contributed by atoms with Crippen LogP contribution in [0.25, 0.3) is 76.9 Å². The molecule has 182 valence electrons. The molecule has 0 radical (unpaired) electrons. The summed E-state index contributed by atoms with van der Waals surface area (Å²) in [6.45, 7) is 0. The second-order valence-electron chi connectivity index (χ2n) is 9.10. The van der Waals surface area contributed by atoms with Crippen LogP contribution in [-0.2, 0) is 0 Å². The summed E-state index contributed by atoms with van der Waals surface area (Å²) >= 11 is 0. The van der Waals surface area contributed by atoms with Crippen LogP contribution in [0.1, 0.15) is 17.8 Å². The largest absolute Gasteiger partial charge is 0.456 e. The van der Waals surface area contributed by atoms with Gasteiger partial charge in [-0.2, -0.15) is 0 Å². The molecule has 8 rings (SSSR count). The van der Waals surface area contributed by atoms with E-state index in [0.29, 0.717) is 33.1 Å². The van der Waals surface area contributed by atoms with Gasteiger partial charge in [-0.3, -0.25) is 0 Å². The van der Waals surface area contributed by atoms with Crippen molar-refractivity contribution in [2.45, 2.75) is 0 Å². The van der Waals surface area contributed by atoms with E-state index >= 15 is 0 Å². The molecule has 0 amide bonds. The van der Waals surface area contributed by atoms with Gasteiger partial charge in [0, 0.05) is 10.8 Å². The van der Waals surface area contributed by atoms with Crippen molar-refractivity contribution in [2.24, 2.45) is 0 Å². The monoisotopic (exact) mass is 509 g/mol. The van der Waals surface area contributed by atoms with Gasteiger partial charge in [0.05, 0.1) is 17.8 Å². The number of para-hydroxylation sites is 1. The summed E-state index contributed by atoms with van der Waals surface area (Å²) in [5.41, 5.74) is 2.40. The molecule has 0 aliphatic heterocycles. The van der Waals surface area contributed by atoms with E-state index in [1.165, 1.54) is 12.1 Å². The summed E-state index contributed by atoms with van der Waals surface area (Å²) in [6, 6.07) is 12.6. The Morgan fingerprint density at radius 1 is 0.410 bits per heavy atom. The van der Waals surface area contributed by atoms with Crippen molar-refractivity contribution in [1.29, 1.82) is 0 Å². The zero-order valence-corrected chi connectivity index (χ0v) is 20.3. The second-order valence-corrected chi connectivity index (χ2v) is 9.10. The molecule has 0 N–H and O–H groups in total. The Morgan fingerprint density at radius 2 is 0.974 bits per heavy atom. The first-order valence-electron chi connectivity index (χ1n) is 18.8. The minimum atomic E-state index is -0.535. The summed E-state index contributed by atoms with van der Waals surface area (Å²) in [5, 5.41) is 1.47. The third-order valence-electron chi connectivity index (χ3n) is 7.01. The first kappa shape index (κ1) is 12.6. The Hall–Kier alpha value is -5.14. The predicted molar refractivity (Wildman–Crippen MR) is 165 cm³/mol.